The van der Waals surface area contributed by atoms with E-state index in [4.69, 9.17) is 16.7 Å². The maximum Gasteiger partial charge on any atom is 0.416 e. The van der Waals surface area contributed by atoms with Gasteiger partial charge >= 0.3 is 12.1 Å². The van der Waals surface area contributed by atoms with Gasteiger partial charge in [0.05, 0.1) is 36.3 Å². The van der Waals surface area contributed by atoms with E-state index in [9.17, 15) is 18.0 Å². The number of thioether (sulfide) groups is 1. The molecule has 2 aliphatic heterocycles. The lowest BCUT2D eigenvalue weighted by Crippen LogP contribution is -2.51. The molecule has 0 unspecified atom stereocenters. The summed E-state index contributed by atoms with van der Waals surface area (Å²) in [6.07, 6.45) is -0.864. The molecule has 176 valence electrons. The van der Waals surface area contributed by atoms with E-state index in [0.717, 1.165) is 32.6 Å². The molecule has 0 amide bonds. The van der Waals surface area contributed by atoms with Gasteiger partial charge in [0.15, 0.2) is 5.17 Å². The number of amidine groups is 1. The third kappa shape index (κ3) is 4.52. The number of halogens is 4. The van der Waals surface area contributed by atoms with Crippen molar-refractivity contribution in [2.24, 2.45) is 10.9 Å². The first kappa shape index (κ1) is 22.8. The summed E-state index contributed by atoms with van der Waals surface area (Å²) < 4.78 is 41.9. The molecule has 2 aromatic carbocycles. The van der Waals surface area contributed by atoms with E-state index in [1.54, 1.807) is 10.9 Å². The topological polar surface area (TPSA) is 70.7 Å². The van der Waals surface area contributed by atoms with E-state index in [1.165, 1.54) is 23.9 Å². The smallest absolute Gasteiger partial charge is 0.416 e. The standard InChI is InChI=1S/C23H18ClF3N4O2S/c24-17-3-2-14(19(7-17)23(25,26)27)12-31-20-4-1-13(5-15(20)8-29-31)6-18-9-28-22(34-18)30-10-16(11-30)21(32)33/h1-8,16H,9-12H2,(H,32,33). The molecule has 1 fully saturated rings. The average molecular weight is 507 g/mol. The van der Waals surface area contributed by atoms with Gasteiger partial charge in [0, 0.05) is 28.4 Å². The molecule has 3 heterocycles. The second-order valence-corrected chi connectivity index (χ2v) is 9.70. The van der Waals surface area contributed by atoms with Crippen molar-refractivity contribution < 1.29 is 23.1 Å². The molecule has 11 heteroatoms. The van der Waals surface area contributed by atoms with Gasteiger partial charge < -0.3 is 10.0 Å². The zero-order chi connectivity index (χ0) is 24.0. The number of carbonyl (C=O) groups is 1. The van der Waals surface area contributed by atoms with Crippen molar-refractivity contribution in [2.45, 2.75) is 12.7 Å². The third-order valence-electron chi connectivity index (χ3n) is 5.78. The Bertz CT molecular complexity index is 1350. The lowest BCUT2D eigenvalue weighted by Gasteiger charge is -2.37. The van der Waals surface area contributed by atoms with Crippen LogP contribution in [0.2, 0.25) is 5.02 Å². The highest BCUT2D eigenvalue weighted by Crippen LogP contribution is 2.35. The SMILES string of the molecule is O=C(O)C1CN(C2=NCC(=Cc3ccc4c(cnn4Cc4ccc(Cl)cc4C(F)(F)F)c3)S2)C1. The van der Waals surface area contributed by atoms with Crippen molar-refractivity contribution in [3.8, 4) is 0 Å². The van der Waals surface area contributed by atoms with E-state index in [1.807, 2.05) is 29.2 Å². The first-order valence-corrected chi connectivity index (χ1v) is 11.6. The van der Waals surface area contributed by atoms with Gasteiger partial charge in [0.1, 0.15) is 0 Å². The van der Waals surface area contributed by atoms with E-state index >= 15 is 0 Å². The van der Waals surface area contributed by atoms with Crippen LogP contribution in [-0.2, 0) is 17.5 Å². The number of hydrogen-bond acceptors (Lipinski definition) is 5. The summed E-state index contributed by atoms with van der Waals surface area (Å²) in [5.41, 5.74) is 0.981. The Morgan fingerprint density at radius 1 is 1.24 bits per heavy atom. The van der Waals surface area contributed by atoms with Crippen molar-refractivity contribution in [3.05, 3.63) is 69.2 Å². The second-order valence-electron chi connectivity index (χ2n) is 8.17. The van der Waals surface area contributed by atoms with Crippen LogP contribution in [0.25, 0.3) is 17.0 Å². The number of alkyl halides is 3. The van der Waals surface area contributed by atoms with E-state index < -0.39 is 17.7 Å². The molecule has 3 aromatic rings. The third-order valence-corrected chi connectivity index (χ3v) is 7.10. The van der Waals surface area contributed by atoms with Gasteiger partial charge in [-0.3, -0.25) is 14.5 Å². The highest BCUT2D eigenvalue weighted by Gasteiger charge is 2.36. The van der Waals surface area contributed by atoms with Crippen molar-refractivity contribution in [2.75, 3.05) is 19.6 Å². The summed E-state index contributed by atoms with van der Waals surface area (Å²) >= 11 is 7.31. The summed E-state index contributed by atoms with van der Waals surface area (Å²) in [6.45, 7) is 1.45. The van der Waals surface area contributed by atoms with Crippen LogP contribution in [0.3, 0.4) is 0 Å². The highest BCUT2D eigenvalue weighted by atomic mass is 35.5. The molecule has 0 saturated carbocycles. The van der Waals surface area contributed by atoms with Crippen molar-refractivity contribution in [3.63, 3.8) is 0 Å². The van der Waals surface area contributed by atoms with Gasteiger partial charge in [-0.2, -0.15) is 18.3 Å². The summed E-state index contributed by atoms with van der Waals surface area (Å²) in [6, 6.07) is 9.42. The molecular formula is C23H18ClF3N4O2S. The quantitative estimate of drug-likeness (QED) is 0.525. The number of benzene rings is 2. The van der Waals surface area contributed by atoms with E-state index in [0.29, 0.717) is 19.6 Å². The van der Waals surface area contributed by atoms with Crippen LogP contribution in [-0.4, -0.2) is 50.6 Å². The molecule has 1 saturated heterocycles. The molecule has 34 heavy (non-hydrogen) atoms. The van der Waals surface area contributed by atoms with Gasteiger partial charge in [-0.05, 0) is 41.5 Å². The zero-order valence-electron chi connectivity index (χ0n) is 17.6. The maximum absolute atomic E-state index is 13.4. The van der Waals surface area contributed by atoms with E-state index in [2.05, 4.69) is 10.1 Å². The van der Waals surface area contributed by atoms with Gasteiger partial charge in [-0.1, -0.05) is 35.5 Å². The van der Waals surface area contributed by atoms with Crippen LogP contribution in [0, 0.1) is 5.92 Å². The Hall–Kier alpha value is -2.98. The molecule has 1 aromatic heterocycles. The normalized spacial score (nSPS) is 17.9. The number of aliphatic carboxylic acids is 1. The number of carboxylic acid groups (broad SMARTS) is 1. The van der Waals surface area contributed by atoms with Crippen LogP contribution < -0.4 is 0 Å². The molecule has 0 bridgehead atoms. The maximum atomic E-state index is 13.4. The first-order chi connectivity index (χ1) is 16.2. The van der Waals surface area contributed by atoms with Crippen molar-refractivity contribution >= 4 is 51.5 Å². The number of carboxylic acids is 1. The van der Waals surface area contributed by atoms with Crippen molar-refractivity contribution in [1.29, 1.82) is 0 Å². The van der Waals surface area contributed by atoms with Crippen LogP contribution in [0.1, 0.15) is 16.7 Å². The first-order valence-electron chi connectivity index (χ1n) is 10.4. The number of hydrogen-bond donors (Lipinski definition) is 1. The second kappa shape index (κ2) is 8.66. The summed E-state index contributed by atoms with van der Waals surface area (Å²) in [5.74, 6) is -1.12. The fourth-order valence-electron chi connectivity index (χ4n) is 3.98. The monoisotopic (exact) mass is 506 g/mol. The van der Waals surface area contributed by atoms with Gasteiger partial charge in [-0.15, -0.1) is 0 Å². The minimum Gasteiger partial charge on any atom is -0.481 e. The van der Waals surface area contributed by atoms with Gasteiger partial charge in [0.2, 0.25) is 0 Å². The lowest BCUT2D eigenvalue weighted by atomic mass is 10.0. The molecule has 0 aliphatic carbocycles. The number of fused-ring (bicyclic) bond motifs is 1. The van der Waals surface area contributed by atoms with Crippen molar-refractivity contribution in [1.82, 2.24) is 14.7 Å². The molecule has 1 N–H and O–H groups in total. The molecule has 0 radical (unpaired) electrons. The van der Waals surface area contributed by atoms with E-state index in [-0.39, 0.29) is 23.0 Å². The minimum absolute atomic E-state index is 0.0316. The van der Waals surface area contributed by atoms with Crippen LogP contribution >= 0.6 is 23.4 Å². The average Bonchev–Trinajstić information content (AvgIpc) is 3.34. The zero-order valence-corrected chi connectivity index (χ0v) is 19.2. The molecule has 6 nitrogen and oxygen atoms in total. The number of nitrogens with zero attached hydrogens (tertiary/aromatic N) is 4. The predicted octanol–water partition coefficient (Wildman–Crippen LogP) is 5.22. The Morgan fingerprint density at radius 3 is 2.76 bits per heavy atom. The summed E-state index contributed by atoms with van der Waals surface area (Å²) in [7, 11) is 0. The Balaban J connectivity index is 1.31. The molecule has 2 aliphatic rings. The van der Waals surface area contributed by atoms with Crippen LogP contribution in [0.15, 0.2) is 52.5 Å². The Morgan fingerprint density at radius 2 is 2.03 bits per heavy atom. The number of rotatable bonds is 4. The summed E-state index contributed by atoms with van der Waals surface area (Å²) in [4.78, 5) is 18.5. The molecule has 0 atom stereocenters. The van der Waals surface area contributed by atoms with Crippen LogP contribution in [0.5, 0.6) is 0 Å². The van der Waals surface area contributed by atoms with Gasteiger partial charge in [0.25, 0.3) is 0 Å². The molecular weight excluding hydrogens is 489 g/mol. The Labute approximate surface area is 201 Å². The fourth-order valence-corrected chi connectivity index (χ4v) is 5.11. The molecule has 5 rings (SSSR count). The largest absolute Gasteiger partial charge is 0.481 e. The molecule has 0 spiro atoms. The summed E-state index contributed by atoms with van der Waals surface area (Å²) in [5, 5.41) is 15.0. The minimum atomic E-state index is -4.51. The number of aliphatic imine (C=N–C) groups is 1. The van der Waals surface area contributed by atoms with Gasteiger partial charge in [-0.25, -0.2) is 0 Å². The number of likely N-dealkylation sites (tertiary alicyclic amines) is 1. The van der Waals surface area contributed by atoms with Crippen LogP contribution in [0.4, 0.5) is 13.2 Å². The number of aromatic nitrogens is 2. The highest BCUT2D eigenvalue weighted by molar-refractivity contribution is 8.17. The fraction of sp³-hybridized carbons (Fsp3) is 0.261. The predicted molar refractivity (Wildman–Crippen MR) is 126 cm³/mol. The Kier molecular flexibility index (Phi) is 5.81. The lowest BCUT2D eigenvalue weighted by molar-refractivity contribution is -0.145.